The van der Waals surface area contributed by atoms with Crippen molar-refractivity contribution in [1.29, 1.82) is 5.26 Å². The summed E-state index contributed by atoms with van der Waals surface area (Å²) in [5.41, 5.74) is 0.989. The summed E-state index contributed by atoms with van der Waals surface area (Å²) in [5.74, 6) is -0.106. The molecular weight excluding hydrogens is 388 g/mol. The highest BCUT2D eigenvalue weighted by Gasteiger charge is 2.10. The summed E-state index contributed by atoms with van der Waals surface area (Å²) >= 11 is 10.3. The van der Waals surface area contributed by atoms with Gasteiger partial charge in [0, 0.05) is 23.1 Å². The van der Waals surface area contributed by atoms with E-state index in [1.165, 1.54) is 0 Å². The van der Waals surface area contributed by atoms with Crippen LogP contribution < -0.4 is 10.6 Å². The smallest absolute Gasteiger partial charge is 0.251 e. The Kier molecular flexibility index (Phi) is 6.19. The molecule has 1 aromatic heterocycles. The summed E-state index contributed by atoms with van der Waals surface area (Å²) in [5, 5.41) is 15.8. The number of rotatable bonds is 6. The fourth-order valence-corrected chi connectivity index (χ4v) is 2.91. The molecule has 8 heteroatoms. The van der Waals surface area contributed by atoms with Crippen LogP contribution in [0.1, 0.15) is 22.3 Å². The van der Waals surface area contributed by atoms with Gasteiger partial charge in [0.25, 0.3) is 5.91 Å². The lowest BCUT2D eigenvalue weighted by Crippen LogP contribution is -2.25. The Labute approximate surface area is 145 Å². The zero-order valence-electron chi connectivity index (χ0n) is 11.4. The molecule has 2 rings (SSSR count). The van der Waals surface area contributed by atoms with Crippen LogP contribution in [-0.4, -0.2) is 23.4 Å². The van der Waals surface area contributed by atoms with Gasteiger partial charge in [-0.1, -0.05) is 27.5 Å². The van der Waals surface area contributed by atoms with E-state index >= 15 is 0 Å². The highest BCUT2D eigenvalue weighted by molar-refractivity contribution is 9.10. The summed E-state index contributed by atoms with van der Waals surface area (Å²) in [6.45, 7) is 1.16. The van der Waals surface area contributed by atoms with Crippen LogP contribution in [0.25, 0.3) is 0 Å². The molecule has 0 aliphatic rings. The monoisotopic (exact) mass is 398 g/mol. The molecule has 0 unspecified atom stereocenters. The average molecular weight is 400 g/mol. The van der Waals surface area contributed by atoms with Gasteiger partial charge >= 0.3 is 0 Å². The van der Waals surface area contributed by atoms with Gasteiger partial charge in [-0.15, -0.1) is 0 Å². The van der Waals surface area contributed by atoms with E-state index < -0.39 is 0 Å². The average Bonchev–Trinajstić information content (AvgIpc) is 2.87. The van der Waals surface area contributed by atoms with E-state index in [-0.39, 0.29) is 11.1 Å². The SMILES string of the molecule is N#Cc1c(Cl)nsc1NCCCNC(=O)c1ccc(Br)cc1. The third-order valence-electron chi connectivity index (χ3n) is 2.79. The quantitative estimate of drug-likeness (QED) is 0.727. The number of anilines is 1. The van der Waals surface area contributed by atoms with Gasteiger partial charge < -0.3 is 10.6 Å². The van der Waals surface area contributed by atoms with Crippen molar-refractivity contribution in [3.8, 4) is 6.07 Å². The standard InChI is InChI=1S/C14H12BrClN4OS/c15-10-4-2-9(3-5-10)13(21)18-6-1-7-19-14-11(8-17)12(16)20-22-14/h2-5,19H,1,6-7H2,(H,18,21). The van der Waals surface area contributed by atoms with Crippen molar-refractivity contribution < 1.29 is 4.79 Å². The minimum atomic E-state index is -0.106. The third-order valence-corrected chi connectivity index (χ3v) is 4.50. The molecule has 2 aromatic rings. The van der Waals surface area contributed by atoms with Gasteiger partial charge in [0.2, 0.25) is 0 Å². The molecule has 0 saturated heterocycles. The van der Waals surface area contributed by atoms with Crippen molar-refractivity contribution in [2.75, 3.05) is 18.4 Å². The van der Waals surface area contributed by atoms with Gasteiger partial charge in [-0.05, 0) is 42.2 Å². The molecule has 0 aliphatic carbocycles. The van der Waals surface area contributed by atoms with Crippen LogP contribution in [-0.2, 0) is 0 Å². The molecule has 2 N–H and O–H groups in total. The summed E-state index contributed by atoms with van der Waals surface area (Å²) in [6, 6.07) is 9.18. The minimum Gasteiger partial charge on any atom is -0.374 e. The van der Waals surface area contributed by atoms with Crippen LogP contribution in [0.2, 0.25) is 5.15 Å². The maximum absolute atomic E-state index is 11.9. The fourth-order valence-electron chi connectivity index (χ4n) is 1.68. The van der Waals surface area contributed by atoms with Crippen molar-refractivity contribution in [2.45, 2.75) is 6.42 Å². The second kappa shape index (κ2) is 8.13. The second-order valence-electron chi connectivity index (χ2n) is 4.33. The van der Waals surface area contributed by atoms with E-state index in [4.69, 9.17) is 16.9 Å². The highest BCUT2D eigenvalue weighted by Crippen LogP contribution is 2.27. The Morgan fingerprint density at radius 1 is 1.36 bits per heavy atom. The lowest BCUT2D eigenvalue weighted by atomic mass is 10.2. The molecule has 22 heavy (non-hydrogen) atoms. The molecule has 0 aliphatic heterocycles. The first-order chi connectivity index (χ1) is 10.6. The first kappa shape index (κ1) is 16.7. The molecule has 0 spiro atoms. The summed E-state index contributed by atoms with van der Waals surface area (Å²) in [4.78, 5) is 11.9. The number of nitrogens with zero attached hydrogens (tertiary/aromatic N) is 2. The van der Waals surface area contributed by atoms with Gasteiger partial charge in [0.05, 0.1) is 0 Å². The van der Waals surface area contributed by atoms with E-state index in [0.717, 1.165) is 22.4 Å². The highest BCUT2D eigenvalue weighted by atomic mass is 79.9. The molecule has 0 saturated carbocycles. The fraction of sp³-hybridized carbons (Fsp3) is 0.214. The van der Waals surface area contributed by atoms with Gasteiger partial charge in [-0.3, -0.25) is 4.79 Å². The lowest BCUT2D eigenvalue weighted by Gasteiger charge is -2.06. The number of carbonyl (C=O) groups excluding carboxylic acids is 1. The number of hydrogen-bond acceptors (Lipinski definition) is 5. The largest absolute Gasteiger partial charge is 0.374 e. The summed E-state index contributed by atoms with van der Waals surface area (Å²) in [7, 11) is 0. The van der Waals surface area contributed by atoms with Gasteiger partial charge in [-0.25, -0.2) is 0 Å². The normalized spacial score (nSPS) is 10.0. The first-order valence-electron chi connectivity index (χ1n) is 6.44. The molecule has 0 atom stereocenters. The van der Waals surface area contributed by atoms with Crippen LogP contribution in [0.3, 0.4) is 0 Å². The first-order valence-corrected chi connectivity index (χ1v) is 8.39. The number of carbonyl (C=O) groups is 1. The van der Waals surface area contributed by atoms with Crippen molar-refractivity contribution in [1.82, 2.24) is 9.69 Å². The van der Waals surface area contributed by atoms with Gasteiger partial charge in [0.15, 0.2) is 5.15 Å². The van der Waals surface area contributed by atoms with Crippen molar-refractivity contribution in [3.63, 3.8) is 0 Å². The van der Waals surface area contributed by atoms with E-state index in [9.17, 15) is 4.79 Å². The van der Waals surface area contributed by atoms with Crippen molar-refractivity contribution >= 4 is 50.0 Å². The Bertz CT molecular complexity index is 696. The Balaban J connectivity index is 1.72. The zero-order valence-corrected chi connectivity index (χ0v) is 14.6. The number of nitriles is 1. The van der Waals surface area contributed by atoms with Crippen molar-refractivity contribution in [3.05, 3.63) is 45.0 Å². The maximum atomic E-state index is 11.9. The predicted molar refractivity (Wildman–Crippen MR) is 91.4 cm³/mol. The van der Waals surface area contributed by atoms with Crippen LogP contribution in [0.5, 0.6) is 0 Å². The van der Waals surface area contributed by atoms with Gasteiger partial charge in [0.1, 0.15) is 16.6 Å². The number of amides is 1. The zero-order chi connectivity index (χ0) is 15.9. The number of aromatic nitrogens is 1. The van der Waals surface area contributed by atoms with Crippen LogP contribution >= 0.6 is 39.1 Å². The molecule has 0 radical (unpaired) electrons. The molecule has 5 nitrogen and oxygen atoms in total. The van der Waals surface area contributed by atoms with E-state index in [1.54, 1.807) is 12.1 Å². The van der Waals surface area contributed by atoms with Crippen LogP contribution in [0, 0.1) is 11.3 Å². The number of nitrogens with one attached hydrogen (secondary N) is 2. The van der Waals surface area contributed by atoms with Crippen LogP contribution in [0.15, 0.2) is 28.7 Å². The molecule has 114 valence electrons. The molecule has 0 bridgehead atoms. The minimum absolute atomic E-state index is 0.106. The van der Waals surface area contributed by atoms with Gasteiger partial charge in [-0.2, -0.15) is 9.64 Å². The molecule has 1 aromatic carbocycles. The summed E-state index contributed by atoms with van der Waals surface area (Å²) < 4.78 is 4.84. The Morgan fingerprint density at radius 2 is 2.09 bits per heavy atom. The molecule has 1 amide bonds. The van der Waals surface area contributed by atoms with Crippen LogP contribution in [0.4, 0.5) is 5.00 Å². The molecular formula is C14H12BrClN4OS. The van der Waals surface area contributed by atoms with E-state index in [2.05, 4.69) is 30.9 Å². The predicted octanol–water partition coefficient (Wildman–Crippen LogP) is 3.66. The Hall–Kier alpha value is -1.62. The number of hydrogen-bond donors (Lipinski definition) is 2. The molecule has 1 heterocycles. The number of benzene rings is 1. The topological polar surface area (TPSA) is 77.8 Å². The van der Waals surface area contributed by atoms with E-state index in [1.807, 2.05) is 18.2 Å². The second-order valence-corrected chi connectivity index (χ2v) is 6.38. The number of halogens is 2. The third kappa shape index (κ3) is 4.44. The Morgan fingerprint density at radius 3 is 2.77 bits per heavy atom. The van der Waals surface area contributed by atoms with Crippen molar-refractivity contribution in [2.24, 2.45) is 0 Å². The van der Waals surface area contributed by atoms with E-state index in [0.29, 0.717) is 29.2 Å². The molecule has 0 fully saturated rings. The summed E-state index contributed by atoms with van der Waals surface area (Å²) in [6.07, 6.45) is 0.725. The lowest BCUT2D eigenvalue weighted by molar-refractivity contribution is 0.0953. The maximum Gasteiger partial charge on any atom is 0.251 e.